The van der Waals surface area contributed by atoms with E-state index in [0.717, 1.165) is 11.1 Å². The van der Waals surface area contributed by atoms with Crippen molar-refractivity contribution in [3.8, 4) is 0 Å². The molecule has 0 unspecified atom stereocenters. The van der Waals surface area contributed by atoms with Crippen LogP contribution in [-0.4, -0.2) is 21.7 Å². The number of anilines is 1. The molecule has 1 aliphatic heterocycles. The molecule has 2 heterocycles. The topological polar surface area (TPSA) is 62.3 Å². The number of hydrogen-bond donors (Lipinski definition) is 1. The molecule has 2 aromatic rings. The average molecular weight is 334 g/mol. The second-order valence-corrected chi connectivity index (χ2v) is 6.26. The molecule has 5 nitrogen and oxygen atoms in total. The molecule has 7 heteroatoms. The summed E-state index contributed by atoms with van der Waals surface area (Å²) in [4.78, 5) is 29.3. The van der Waals surface area contributed by atoms with Gasteiger partial charge in [-0.05, 0) is 29.3 Å². The fourth-order valence-electron chi connectivity index (χ4n) is 2.31. The van der Waals surface area contributed by atoms with E-state index in [1.54, 1.807) is 10.3 Å². The van der Waals surface area contributed by atoms with E-state index in [-0.39, 0.29) is 11.8 Å². The van der Waals surface area contributed by atoms with Crippen molar-refractivity contribution in [2.24, 2.45) is 0 Å². The molecule has 0 bridgehead atoms. The predicted octanol–water partition coefficient (Wildman–Crippen LogP) is 3.08. The third-order valence-corrected chi connectivity index (χ3v) is 4.36. The molecule has 1 N–H and O–H groups in total. The van der Waals surface area contributed by atoms with E-state index in [2.05, 4.69) is 16.9 Å². The molecule has 0 spiro atoms. The number of thiazole rings is 1. The first-order valence-electron chi connectivity index (χ1n) is 6.52. The highest BCUT2D eigenvalue weighted by molar-refractivity contribution is 7.14. The third kappa shape index (κ3) is 2.88. The number of carbonyl (C=O) groups is 2. The Hall–Kier alpha value is -2.18. The van der Waals surface area contributed by atoms with Crippen molar-refractivity contribution in [1.82, 2.24) is 9.88 Å². The zero-order valence-corrected chi connectivity index (χ0v) is 13.1. The van der Waals surface area contributed by atoms with Gasteiger partial charge in [-0.3, -0.25) is 9.59 Å². The monoisotopic (exact) mass is 333 g/mol. The Morgan fingerprint density at radius 3 is 2.82 bits per heavy atom. The molecule has 22 heavy (non-hydrogen) atoms. The maximum Gasteiger partial charge on any atom is 0.275 e. The first-order valence-corrected chi connectivity index (χ1v) is 7.78. The highest BCUT2D eigenvalue weighted by Crippen LogP contribution is 2.26. The average Bonchev–Trinajstić information content (AvgIpc) is 3.12. The van der Waals surface area contributed by atoms with Crippen LogP contribution in [0.1, 0.15) is 21.6 Å². The molecule has 3 rings (SSSR count). The second-order valence-electron chi connectivity index (χ2n) is 4.82. The summed E-state index contributed by atoms with van der Waals surface area (Å²) in [6, 6.07) is 5.60. The van der Waals surface area contributed by atoms with Gasteiger partial charge in [0.15, 0.2) is 4.47 Å². The van der Waals surface area contributed by atoms with Crippen molar-refractivity contribution < 1.29 is 9.59 Å². The Morgan fingerprint density at radius 1 is 1.36 bits per heavy atom. The summed E-state index contributed by atoms with van der Waals surface area (Å²) in [5, 5.41) is 4.39. The normalized spacial score (nSPS) is 12.9. The largest absolute Gasteiger partial charge is 0.331 e. The van der Waals surface area contributed by atoms with Gasteiger partial charge in [0.2, 0.25) is 5.91 Å². The van der Waals surface area contributed by atoms with Crippen molar-refractivity contribution in [2.45, 2.75) is 13.1 Å². The minimum absolute atomic E-state index is 0.0982. The number of carbonyl (C=O) groups excluding carboxylic acids is 2. The maximum absolute atomic E-state index is 12.0. The number of rotatable bonds is 3. The molecule has 0 saturated carbocycles. The molecule has 2 amide bonds. The van der Waals surface area contributed by atoms with E-state index in [1.807, 2.05) is 18.2 Å². The number of aromatic nitrogens is 1. The summed E-state index contributed by atoms with van der Waals surface area (Å²) >= 11 is 6.93. The van der Waals surface area contributed by atoms with Crippen LogP contribution in [0, 0.1) is 0 Å². The Labute approximate surface area is 136 Å². The first kappa shape index (κ1) is 14.7. The van der Waals surface area contributed by atoms with E-state index < -0.39 is 0 Å². The lowest BCUT2D eigenvalue weighted by Gasteiger charge is -2.11. The molecule has 0 atom stereocenters. The van der Waals surface area contributed by atoms with Gasteiger partial charge in [-0.1, -0.05) is 24.2 Å². The van der Waals surface area contributed by atoms with Crippen molar-refractivity contribution in [2.75, 3.05) is 5.32 Å². The lowest BCUT2D eigenvalue weighted by atomic mass is 10.1. The molecule has 1 aromatic heterocycles. The van der Waals surface area contributed by atoms with Crippen LogP contribution < -0.4 is 5.32 Å². The zero-order chi connectivity index (χ0) is 15.7. The van der Waals surface area contributed by atoms with Crippen molar-refractivity contribution in [3.05, 3.63) is 57.5 Å². The number of fused-ring (bicyclic) bond motifs is 1. The summed E-state index contributed by atoms with van der Waals surface area (Å²) in [6.45, 7) is 4.58. The Bertz CT molecular complexity index is 772. The first-order chi connectivity index (χ1) is 10.6. The molecule has 0 fully saturated rings. The van der Waals surface area contributed by atoms with Crippen LogP contribution in [0.4, 0.5) is 5.69 Å². The molecule has 112 valence electrons. The van der Waals surface area contributed by atoms with E-state index in [9.17, 15) is 9.59 Å². The van der Waals surface area contributed by atoms with E-state index >= 15 is 0 Å². The fraction of sp³-hybridized carbons (Fsp3) is 0.133. The number of halogens is 1. The second kappa shape index (κ2) is 5.90. The van der Waals surface area contributed by atoms with E-state index in [0.29, 0.717) is 28.9 Å². The van der Waals surface area contributed by atoms with Gasteiger partial charge in [-0.2, -0.15) is 0 Å². The van der Waals surface area contributed by atoms with Gasteiger partial charge >= 0.3 is 0 Å². The van der Waals surface area contributed by atoms with Gasteiger partial charge in [0.1, 0.15) is 5.69 Å². The van der Waals surface area contributed by atoms with Gasteiger partial charge in [0.05, 0.1) is 0 Å². The van der Waals surface area contributed by atoms with Crippen molar-refractivity contribution >= 4 is 40.4 Å². The van der Waals surface area contributed by atoms with Crippen LogP contribution >= 0.6 is 22.9 Å². The van der Waals surface area contributed by atoms with E-state index in [1.165, 1.54) is 17.4 Å². The van der Waals surface area contributed by atoms with E-state index in [4.69, 9.17) is 11.6 Å². The van der Waals surface area contributed by atoms with Gasteiger partial charge in [-0.15, -0.1) is 11.3 Å². The number of hydrogen-bond acceptors (Lipinski definition) is 4. The number of benzene rings is 1. The Morgan fingerprint density at radius 2 is 2.14 bits per heavy atom. The molecule has 1 aromatic carbocycles. The van der Waals surface area contributed by atoms with Gasteiger partial charge in [0.25, 0.3) is 5.91 Å². The molecule has 0 aliphatic carbocycles. The Balaban J connectivity index is 1.74. The van der Waals surface area contributed by atoms with Gasteiger partial charge < -0.3 is 10.2 Å². The molecular formula is C15H12ClN3O2S. The van der Waals surface area contributed by atoms with Gasteiger partial charge in [-0.25, -0.2) is 4.98 Å². The molecule has 0 radical (unpaired) electrons. The minimum Gasteiger partial charge on any atom is -0.331 e. The van der Waals surface area contributed by atoms with Gasteiger partial charge in [0, 0.05) is 24.2 Å². The number of nitrogens with one attached hydrogen (secondary N) is 1. The van der Waals surface area contributed by atoms with Crippen LogP contribution in [0.15, 0.2) is 36.2 Å². The smallest absolute Gasteiger partial charge is 0.275 e. The lowest BCUT2D eigenvalue weighted by molar-refractivity contribution is -0.126. The van der Waals surface area contributed by atoms with Crippen LogP contribution in [0.25, 0.3) is 0 Å². The van der Waals surface area contributed by atoms with Crippen LogP contribution in [0.5, 0.6) is 0 Å². The quantitative estimate of drug-likeness (QED) is 0.878. The standard InChI is InChI=1S/C15H12ClN3O2S/c1-2-13(20)19-6-9-3-4-11(5-10(9)7-19)17-14(21)12-8-22-15(16)18-12/h2-5,8H,1,6-7H2,(H,17,21). The Kier molecular flexibility index (Phi) is 3.96. The van der Waals surface area contributed by atoms with Crippen LogP contribution in [0.2, 0.25) is 4.47 Å². The van der Waals surface area contributed by atoms with Crippen molar-refractivity contribution in [1.29, 1.82) is 0 Å². The summed E-state index contributed by atoms with van der Waals surface area (Å²) < 4.78 is 0.331. The zero-order valence-electron chi connectivity index (χ0n) is 11.5. The predicted molar refractivity (Wildman–Crippen MR) is 86.0 cm³/mol. The van der Waals surface area contributed by atoms with Crippen LogP contribution in [-0.2, 0) is 17.9 Å². The molecular weight excluding hydrogens is 322 g/mol. The van der Waals surface area contributed by atoms with Crippen molar-refractivity contribution in [3.63, 3.8) is 0 Å². The number of nitrogens with zero attached hydrogens (tertiary/aromatic N) is 2. The summed E-state index contributed by atoms with van der Waals surface area (Å²) in [6.07, 6.45) is 1.31. The third-order valence-electron chi connectivity index (χ3n) is 3.38. The molecule has 1 aliphatic rings. The summed E-state index contributed by atoms with van der Waals surface area (Å²) in [5.74, 6) is -0.404. The highest BCUT2D eigenvalue weighted by Gasteiger charge is 2.22. The highest BCUT2D eigenvalue weighted by atomic mass is 35.5. The fourth-order valence-corrected chi connectivity index (χ4v) is 3.05. The number of amides is 2. The lowest BCUT2D eigenvalue weighted by Crippen LogP contribution is -2.22. The molecule has 0 saturated heterocycles. The maximum atomic E-state index is 12.0. The van der Waals surface area contributed by atoms with Crippen LogP contribution in [0.3, 0.4) is 0 Å². The SMILES string of the molecule is C=CC(=O)N1Cc2ccc(NC(=O)c3csc(Cl)n3)cc2C1. The summed E-state index contributed by atoms with van der Waals surface area (Å²) in [5.41, 5.74) is 3.05. The summed E-state index contributed by atoms with van der Waals surface area (Å²) in [7, 11) is 0. The minimum atomic E-state index is -0.305.